The fraction of sp³-hybridized carbons (Fsp3) is 0.389. The SMILES string of the molecule is Cc1ccc(NC2CCN(c3ccncc3)CC2)cc1C. The molecule has 1 aliphatic rings. The molecular formula is C18H23N3. The molecule has 0 saturated carbocycles. The van der Waals surface area contributed by atoms with Crippen LogP contribution < -0.4 is 10.2 Å². The van der Waals surface area contributed by atoms with Crippen molar-refractivity contribution in [3.05, 3.63) is 53.9 Å². The van der Waals surface area contributed by atoms with E-state index in [1.165, 1.54) is 35.3 Å². The van der Waals surface area contributed by atoms with Gasteiger partial charge in [-0.25, -0.2) is 0 Å². The molecule has 2 heterocycles. The summed E-state index contributed by atoms with van der Waals surface area (Å²) in [5, 5.41) is 3.68. The predicted octanol–water partition coefficient (Wildman–Crippen LogP) is 3.78. The van der Waals surface area contributed by atoms with Crippen LogP contribution in [0.15, 0.2) is 42.7 Å². The third-order valence-corrected chi connectivity index (χ3v) is 4.40. The van der Waals surface area contributed by atoms with Crippen molar-refractivity contribution in [3.8, 4) is 0 Å². The van der Waals surface area contributed by atoms with Gasteiger partial charge in [-0.3, -0.25) is 4.98 Å². The van der Waals surface area contributed by atoms with Crippen LogP contribution in [0.25, 0.3) is 0 Å². The van der Waals surface area contributed by atoms with Crippen LogP contribution in [0.2, 0.25) is 0 Å². The molecule has 0 aliphatic carbocycles. The minimum absolute atomic E-state index is 0.574. The number of anilines is 2. The van der Waals surface area contributed by atoms with Crippen LogP contribution >= 0.6 is 0 Å². The summed E-state index contributed by atoms with van der Waals surface area (Å²) < 4.78 is 0. The highest BCUT2D eigenvalue weighted by Gasteiger charge is 2.19. The second kappa shape index (κ2) is 6.17. The van der Waals surface area contributed by atoms with Crippen LogP contribution in [0.1, 0.15) is 24.0 Å². The van der Waals surface area contributed by atoms with Gasteiger partial charge < -0.3 is 10.2 Å². The molecule has 110 valence electrons. The number of pyridine rings is 1. The van der Waals surface area contributed by atoms with Gasteiger partial charge in [-0.2, -0.15) is 0 Å². The van der Waals surface area contributed by atoms with E-state index in [0.29, 0.717) is 6.04 Å². The van der Waals surface area contributed by atoms with E-state index in [0.717, 1.165) is 13.1 Å². The number of nitrogens with zero attached hydrogens (tertiary/aromatic N) is 2. The Kier molecular flexibility index (Phi) is 4.09. The van der Waals surface area contributed by atoms with Crippen molar-refractivity contribution in [2.45, 2.75) is 32.7 Å². The van der Waals surface area contributed by atoms with Crippen molar-refractivity contribution in [1.29, 1.82) is 0 Å². The summed E-state index contributed by atoms with van der Waals surface area (Å²) in [6.07, 6.45) is 6.09. The van der Waals surface area contributed by atoms with Gasteiger partial charge in [0.05, 0.1) is 0 Å². The minimum Gasteiger partial charge on any atom is -0.382 e. The van der Waals surface area contributed by atoms with Crippen molar-refractivity contribution in [2.75, 3.05) is 23.3 Å². The molecule has 2 aromatic rings. The second-order valence-electron chi connectivity index (χ2n) is 5.91. The average Bonchev–Trinajstić information content (AvgIpc) is 2.53. The molecule has 0 radical (unpaired) electrons. The quantitative estimate of drug-likeness (QED) is 0.928. The first-order valence-electron chi connectivity index (χ1n) is 7.71. The Balaban J connectivity index is 1.57. The third-order valence-electron chi connectivity index (χ3n) is 4.40. The molecule has 0 spiro atoms. The van der Waals surface area contributed by atoms with Crippen molar-refractivity contribution in [3.63, 3.8) is 0 Å². The lowest BCUT2D eigenvalue weighted by molar-refractivity contribution is 0.526. The second-order valence-corrected chi connectivity index (χ2v) is 5.91. The molecule has 1 saturated heterocycles. The number of aryl methyl sites for hydroxylation is 2. The zero-order chi connectivity index (χ0) is 14.7. The maximum Gasteiger partial charge on any atom is 0.0397 e. The van der Waals surface area contributed by atoms with Gasteiger partial charge in [0.15, 0.2) is 0 Å². The third kappa shape index (κ3) is 3.35. The average molecular weight is 281 g/mol. The monoisotopic (exact) mass is 281 g/mol. The number of rotatable bonds is 3. The predicted molar refractivity (Wildman–Crippen MR) is 89.0 cm³/mol. The molecule has 0 unspecified atom stereocenters. The van der Waals surface area contributed by atoms with E-state index in [1.54, 1.807) is 0 Å². The summed E-state index contributed by atoms with van der Waals surface area (Å²) in [6.45, 7) is 6.54. The van der Waals surface area contributed by atoms with Crippen LogP contribution in [0.5, 0.6) is 0 Å². The molecule has 1 aromatic carbocycles. The summed E-state index contributed by atoms with van der Waals surface area (Å²) in [4.78, 5) is 6.53. The number of hydrogen-bond acceptors (Lipinski definition) is 3. The number of nitrogens with one attached hydrogen (secondary N) is 1. The van der Waals surface area contributed by atoms with Crippen molar-refractivity contribution in [2.24, 2.45) is 0 Å². The van der Waals surface area contributed by atoms with Gasteiger partial charge in [-0.15, -0.1) is 0 Å². The molecular weight excluding hydrogens is 258 g/mol. The summed E-state index contributed by atoms with van der Waals surface area (Å²) in [7, 11) is 0. The number of benzene rings is 1. The first-order valence-corrected chi connectivity index (χ1v) is 7.71. The van der Waals surface area contributed by atoms with Crippen LogP contribution in [-0.2, 0) is 0 Å². The van der Waals surface area contributed by atoms with Crippen molar-refractivity contribution in [1.82, 2.24) is 4.98 Å². The lowest BCUT2D eigenvalue weighted by Gasteiger charge is -2.34. The first kappa shape index (κ1) is 13.9. The Morgan fingerprint density at radius 3 is 2.38 bits per heavy atom. The molecule has 1 aliphatic heterocycles. The van der Waals surface area contributed by atoms with Crippen LogP contribution in [0.3, 0.4) is 0 Å². The standard InChI is InChI=1S/C18H23N3/c1-14-3-4-17(13-15(14)2)20-16-7-11-21(12-8-16)18-5-9-19-10-6-18/h3-6,9-10,13,16,20H,7-8,11-12H2,1-2H3. The summed E-state index contributed by atoms with van der Waals surface area (Å²) in [5.74, 6) is 0. The zero-order valence-corrected chi connectivity index (χ0v) is 12.8. The Morgan fingerprint density at radius 2 is 1.71 bits per heavy atom. The van der Waals surface area contributed by atoms with Gasteiger partial charge in [-0.1, -0.05) is 6.07 Å². The van der Waals surface area contributed by atoms with E-state index >= 15 is 0 Å². The Labute approximate surface area is 127 Å². The molecule has 1 aromatic heterocycles. The highest BCUT2D eigenvalue weighted by atomic mass is 15.1. The molecule has 1 fully saturated rings. The summed E-state index contributed by atoms with van der Waals surface area (Å²) in [5.41, 5.74) is 5.25. The fourth-order valence-electron chi connectivity index (χ4n) is 2.90. The first-order chi connectivity index (χ1) is 10.2. The van der Waals surface area contributed by atoms with Gasteiger partial charge in [-0.05, 0) is 62.1 Å². The Hall–Kier alpha value is -2.03. The lowest BCUT2D eigenvalue weighted by atomic mass is 10.0. The van der Waals surface area contributed by atoms with Gasteiger partial charge >= 0.3 is 0 Å². The van der Waals surface area contributed by atoms with Crippen LogP contribution in [-0.4, -0.2) is 24.1 Å². The molecule has 0 atom stereocenters. The number of piperidine rings is 1. The largest absolute Gasteiger partial charge is 0.382 e. The highest BCUT2D eigenvalue weighted by molar-refractivity contribution is 5.50. The molecule has 3 heteroatoms. The summed E-state index contributed by atoms with van der Waals surface area (Å²) >= 11 is 0. The fourth-order valence-corrected chi connectivity index (χ4v) is 2.90. The van der Waals surface area contributed by atoms with Crippen molar-refractivity contribution >= 4 is 11.4 Å². The van der Waals surface area contributed by atoms with Crippen LogP contribution in [0, 0.1) is 13.8 Å². The lowest BCUT2D eigenvalue weighted by Crippen LogP contribution is -2.39. The number of hydrogen-bond donors (Lipinski definition) is 1. The maximum absolute atomic E-state index is 4.09. The molecule has 21 heavy (non-hydrogen) atoms. The van der Waals surface area contributed by atoms with E-state index in [9.17, 15) is 0 Å². The van der Waals surface area contributed by atoms with E-state index in [4.69, 9.17) is 0 Å². The van der Waals surface area contributed by atoms with Gasteiger partial charge in [0.1, 0.15) is 0 Å². The maximum atomic E-state index is 4.09. The molecule has 3 rings (SSSR count). The van der Waals surface area contributed by atoms with Gasteiger partial charge in [0.2, 0.25) is 0 Å². The smallest absolute Gasteiger partial charge is 0.0397 e. The van der Waals surface area contributed by atoms with Gasteiger partial charge in [0.25, 0.3) is 0 Å². The van der Waals surface area contributed by atoms with E-state index in [-0.39, 0.29) is 0 Å². The topological polar surface area (TPSA) is 28.2 Å². The molecule has 3 nitrogen and oxygen atoms in total. The molecule has 1 N–H and O–H groups in total. The van der Waals surface area contributed by atoms with E-state index in [1.807, 2.05) is 12.4 Å². The molecule has 0 bridgehead atoms. The molecule has 0 amide bonds. The van der Waals surface area contributed by atoms with Gasteiger partial charge in [0, 0.05) is 42.9 Å². The Morgan fingerprint density at radius 1 is 1.00 bits per heavy atom. The van der Waals surface area contributed by atoms with Crippen molar-refractivity contribution < 1.29 is 0 Å². The number of aromatic nitrogens is 1. The minimum atomic E-state index is 0.574. The Bertz CT molecular complexity index is 587. The highest BCUT2D eigenvalue weighted by Crippen LogP contribution is 2.22. The zero-order valence-electron chi connectivity index (χ0n) is 12.8. The van der Waals surface area contributed by atoms with Crippen LogP contribution in [0.4, 0.5) is 11.4 Å². The van der Waals surface area contributed by atoms with E-state index in [2.05, 4.69) is 59.4 Å². The van der Waals surface area contributed by atoms with E-state index < -0.39 is 0 Å². The normalized spacial score (nSPS) is 16.0. The summed E-state index contributed by atoms with van der Waals surface area (Å²) in [6, 6.07) is 11.4.